The second-order valence-electron chi connectivity index (χ2n) is 6.45. The number of aryl methyl sites for hydroxylation is 2. The summed E-state index contributed by atoms with van der Waals surface area (Å²) >= 11 is 1.68. The van der Waals surface area contributed by atoms with E-state index in [1.165, 1.54) is 10.4 Å². The Morgan fingerprint density at radius 2 is 2.12 bits per heavy atom. The molecule has 130 valence electrons. The van der Waals surface area contributed by atoms with Crippen LogP contribution in [0.15, 0.2) is 35.1 Å². The van der Waals surface area contributed by atoms with Crippen molar-refractivity contribution in [2.24, 2.45) is 0 Å². The number of ether oxygens (including phenoxy) is 1. The van der Waals surface area contributed by atoms with Crippen LogP contribution in [0.25, 0.3) is 10.2 Å². The molecule has 0 atom stereocenters. The van der Waals surface area contributed by atoms with E-state index in [0.717, 1.165) is 47.6 Å². The topological polar surface area (TPSA) is 58.2 Å². The Labute approximate surface area is 150 Å². The van der Waals surface area contributed by atoms with Crippen LogP contribution >= 0.6 is 11.3 Å². The van der Waals surface area contributed by atoms with Crippen molar-refractivity contribution in [3.05, 3.63) is 57.0 Å². The Balaban J connectivity index is 1.41. The molecule has 0 unspecified atom stereocenters. The van der Waals surface area contributed by atoms with Crippen molar-refractivity contribution in [1.82, 2.24) is 14.9 Å². The standard InChI is InChI=1S/C19H21N3O2S/c1-22(10-11-24-13-6-3-2-4-7-13)12-16-20-18(23)17-14-8-5-9-15(14)25-19(17)21-16/h2-4,6-7H,5,8-12H2,1H3,(H,20,21,23). The maximum atomic E-state index is 12.5. The Kier molecular flexibility index (Phi) is 4.55. The van der Waals surface area contributed by atoms with Crippen molar-refractivity contribution in [3.8, 4) is 5.75 Å². The fourth-order valence-electron chi connectivity index (χ4n) is 3.29. The monoisotopic (exact) mass is 355 g/mol. The quantitative estimate of drug-likeness (QED) is 0.738. The number of aromatic amines is 1. The summed E-state index contributed by atoms with van der Waals surface area (Å²) in [6, 6.07) is 9.78. The molecule has 4 rings (SSSR count). The lowest BCUT2D eigenvalue weighted by atomic mass is 10.2. The molecule has 0 spiro atoms. The molecule has 0 amide bonds. The molecule has 3 aromatic rings. The maximum absolute atomic E-state index is 12.5. The zero-order valence-corrected chi connectivity index (χ0v) is 15.1. The molecule has 0 bridgehead atoms. The zero-order valence-electron chi connectivity index (χ0n) is 14.2. The minimum absolute atomic E-state index is 0.00772. The molecule has 2 heterocycles. The van der Waals surface area contributed by atoms with Crippen LogP contribution in [0, 0.1) is 0 Å². The van der Waals surface area contributed by atoms with E-state index in [1.807, 2.05) is 37.4 Å². The molecule has 1 aromatic carbocycles. The van der Waals surface area contributed by atoms with E-state index >= 15 is 0 Å². The van der Waals surface area contributed by atoms with Gasteiger partial charge in [-0.3, -0.25) is 9.69 Å². The molecule has 2 aromatic heterocycles. The van der Waals surface area contributed by atoms with Crippen LogP contribution in [-0.4, -0.2) is 35.1 Å². The lowest BCUT2D eigenvalue weighted by molar-refractivity contribution is 0.230. The van der Waals surface area contributed by atoms with E-state index < -0.39 is 0 Å². The summed E-state index contributed by atoms with van der Waals surface area (Å²) in [7, 11) is 2.01. The number of aromatic nitrogens is 2. The van der Waals surface area contributed by atoms with Gasteiger partial charge in [0.1, 0.15) is 23.0 Å². The molecule has 0 saturated carbocycles. The van der Waals surface area contributed by atoms with Gasteiger partial charge in [-0.15, -0.1) is 11.3 Å². The fraction of sp³-hybridized carbons (Fsp3) is 0.368. The predicted octanol–water partition coefficient (Wildman–Crippen LogP) is 2.98. The van der Waals surface area contributed by atoms with Crippen molar-refractivity contribution in [3.63, 3.8) is 0 Å². The van der Waals surface area contributed by atoms with E-state index in [9.17, 15) is 4.79 Å². The number of thiophene rings is 1. The smallest absolute Gasteiger partial charge is 0.259 e. The molecule has 6 heteroatoms. The number of para-hydroxylation sites is 1. The highest BCUT2D eigenvalue weighted by Gasteiger charge is 2.21. The third-order valence-electron chi connectivity index (χ3n) is 4.53. The van der Waals surface area contributed by atoms with Crippen molar-refractivity contribution in [1.29, 1.82) is 0 Å². The lowest BCUT2D eigenvalue weighted by Crippen LogP contribution is -2.26. The number of nitrogens with zero attached hydrogens (tertiary/aromatic N) is 2. The molecule has 0 radical (unpaired) electrons. The molecule has 1 aliphatic carbocycles. The summed E-state index contributed by atoms with van der Waals surface area (Å²) in [5.74, 6) is 1.59. The largest absolute Gasteiger partial charge is 0.492 e. The number of nitrogens with one attached hydrogen (secondary N) is 1. The number of H-pyrrole nitrogens is 1. The molecule has 1 aliphatic rings. The highest BCUT2D eigenvalue weighted by molar-refractivity contribution is 7.18. The molecule has 1 N–H and O–H groups in total. The SMILES string of the molecule is CN(CCOc1ccccc1)Cc1nc2sc3c(c2c(=O)[nH]1)CCC3. The van der Waals surface area contributed by atoms with Gasteiger partial charge in [-0.1, -0.05) is 18.2 Å². The second-order valence-corrected chi connectivity index (χ2v) is 7.53. The Morgan fingerprint density at radius 3 is 2.96 bits per heavy atom. The van der Waals surface area contributed by atoms with Gasteiger partial charge in [0.05, 0.1) is 11.9 Å². The first-order valence-electron chi connectivity index (χ1n) is 8.60. The van der Waals surface area contributed by atoms with E-state index in [0.29, 0.717) is 13.2 Å². The van der Waals surface area contributed by atoms with Crippen LogP contribution in [0.5, 0.6) is 5.75 Å². The van der Waals surface area contributed by atoms with Crippen molar-refractivity contribution in [2.75, 3.05) is 20.2 Å². The minimum atomic E-state index is 0.00772. The number of benzene rings is 1. The van der Waals surface area contributed by atoms with Crippen LogP contribution in [0.1, 0.15) is 22.7 Å². The van der Waals surface area contributed by atoms with Crippen LogP contribution in [0.2, 0.25) is 0 Å². The average molecular weight is 355 g/mol. The van der Waals surface area contributed by atoms with Gasteiger partial charge >= 0.3 is 0 Å². The van der Waals surface area contributed by atoms with Gasteiger partial charge in [0, 0.05) is 11.4 Å². The first-order chi connectivity index (χ1) is 12.2. The summed E-state index contributed by atoms with van der Waals surface area (Å²) in [4.78, 5) is 24.5. The maximum Gasteiger partial charge on any atom is 0.259 e. The number of fused-ring (bicyclic) bond motifs is 3. The highest BCUT2D eigenvalue weighted by atomic mass is 32.1. The molecular weight excluding hydrogens is 334 g/mol. The first kappa shape index (κ1) is 16.3. The Bertz CT molecular complexity index is 933. The van der Waals surface area contributed by atoms with Gasteiger partial charge in [-0.25, -0.2) is 4.98 Å². The summed E-state index contributed by atoms with van der Waals surface area (Å²) in [6.45, 7) is 1.96. The van der Waals surface area contributed by atoms with E-state index in [1.54, 1.807) is 11.3 Å². The first-order valence-corrected chi connectivity index (χ1v) is 9.42. The van der Waals surface area contributed by atoms with E-state index in [2.05, 4.69) is 14.9 Å². The molecule has 0 aliphatic heterocycles. The normalized spacial score (nSPS) is 13.5. The van der Waals surface area contributed by atoms with Crippen LogP contribution in [0.4, 0.5) is 0 Å². The van der Waals surface area contributed by atoms with Gasteiger partial charge in [0.25, 0.3) is 5.56 Å². The number of rotatable bonds is 6. The van der Waals surface area contributed by atoms with Gasteiger partial charge in [0.15, 0.2) is 0 Å². The second kappa shape index (κ2) is 6.98. The van der Waals surface area contributed by atoms with Crippen LogP contribution < -0.4 is 10.3 Å². The van der Waals surface area contributed by atoms with Crippen molar-refractivity contribution >= 4 is 21.6 Å². The van der Waals surface area contributed by atoms with E-state index in [-0.39, 0.29) is 5.56 Å². The predicted molar refractivity (Wildman–Crippen MR) is 101 cm³/mol. The lowest BCUT2D eigenvalue weighted by Gasteiger charge is -2.16. The molecule has 5 nitrogen and oxygen atoms in total. The Morgan fingerprint density at radius 1 is 1.28 bits per heavy atom. The van der Waals surface area contributed by atoms with Crippen LogP contribution in [-0.2, 0) is 19.4 Å². The van der Waals surface area contributed by atoms with Gasteiger partial charge in [-0.2, -0.15) is 0 Å². The number of likely N-dealkylation sites (N-methyl/N-ethyl adjacent to an activating group) is 1. The highest BCUT2D eigenvalue weighted by Crippen LogP contribution is 2.34. The molecule has 0 saturated heterocycles. The van der Waals surface area contributed by atoms with Gasteiger partial charge in [0.2, 0.25) is 0 Å². The number of hydrogen-bond donors (Lipinski definition) is 1. The third kappa shape index (κ3) is 3.45. The Hall–Kier alpha value is -2.18. The molecular formula is C19H21N3O2S. The molecule has 0 fully saturated rings. The average Bonchev–Trinajstić information content (AvgIpc) is 3.16. The fourth-order valence-corrected chi connectivity index (χ4v) is 4.57. The zero-order chi connectivity index (χ0) is 17.2. The minimum Gasteiger partial charge on any atom is -0.492 e. The van der Waals surface area contributed by atoms with Gasteiger partial charge in [-0.05, 0) is 44.0 Å². The summed E-state index contributed by atoms with van der Waals surface area (Å²) < 4.78 is 5.72. The van der Waals surface area contributed by atoms with E-state index in [4.69, 9.17) is 4.74 Å². The molecule has 25 heavy (non-hydrogen) atoms. The summed E-state index contributed by atoms with van der Waals surface area (Å²) in [6.07, 6.45) is 3.25. The van der Waals surface area contributed by atoms with Crippen molar-refractivity contribution < 1.29 is 4.74 Å². The van der Waals surface area contributed by atoms with Crippen molar-refractivity contribution in [2.45, 2.75) is 25.8 Å². The third-order valence-corrected chi connectivity index (χ3v) is 5.71. The summed E-state index contributed by atoms with van der Waals surface area (Å²) in [5.41, 5.74) is 1.23. The van der Waals surface area contributed by atoms with Crippen LogP contribution in [0.3, 0.4) is 0 Å². The van der Waals surface area contributed by atoms with Gasteiger partial charge < -0.3 is 9.72 Å². The summed E-state index contributed by atoms with van der Waals surface area (Å²) in [5, 5.41) is 0.816. The number of hydrogen-bond acceptors (Lipinski definition) is 5.